The number of amides is 1. The number of fused-ring (bicyclic) bond motifs is 1. The van der Waals surface area contributed by atoms with Gasteiger partial charge in [0.25, 0.3) is 0 Å². The van der Waals surface area contributed by atoms with Gasteiger partial charge in [-0.3, -0.25) is 9.69 Å². The topological polar surface area (TPSA) is 33.2 Å². The predicted molar refractivity (Wildman–Crippen MR) is 124 cm³/mol. The first kappa shape index (κ1) is 20.8. The summed E-state index contributed by atoms with van der Waals surface area (Å²) in [5.41, 5.74) is 1.30. The van der Waals surface area contributed by atoms with Crippen LogP contribution < -0.4 is 4.90 Å². The molecule has 4 aromatic rings. The minimum Gasteiger partial charge on any atom is -0.284 e. The molecule has 0 saturated heterocycles. The Morgan fingerprint density at radius 1 is 1.03 bits per heavy atom. The highest BCUT2D eigenvalue weighted by atomic mass is 35.5. The van der Waals surface area contributed by atoms with Gasteiger partial charge in [-0.25, -0.2) is 9.37 Å². The zero-order valence-electron chi connectivity index (χ0n) is 15.9. The predicted octanol–water partition coefficient (Wildman–Crippen LogP) is 6.80. The van der Waals surface area contributed by atoms with Crippen LogP contribution in [0, 0.1) is 5.82 Å². The van der Waals surface area contributed by atoms with Gasteiger partial charge in [0.15, 0.2) is 5.13 Å². The molecule has 0 unspecified atom stereocenters. The fourth-order valence-corrected chi connectivity index (χ4v) is 4.93. The Balaban J connectivity index is 1.53. The molecule has 1 aromatic heterocycles. The summed E-state index contributed by atoms with van der Waals surface area (Å²) in [5, 5.41) is 1.20. The summed E-state index contributed by atoms with van der Waals surface area (Å²) in [5.74, 6) is 0.213. The lowest BCUT2D eigenvalue weighted by atomic mass is 10.2. The first-order valence-electron chi connectivity index (χ1n) is 9.38. The van der Waals surface area contributed by atoms with Crippen LogP contribution in [-0.4, -0.2) is 16.6 Å². The Morgan fingerprint density at radius 3 is 2.53 bits per heavy atom. The van der Waals surface area contributed by atoms with E-state index >= 15 is 0 Å². The second-order valence-electron chi connectivity index (χ2n) is 6.60. The zero-order chi connectivity index (χ0) is 20.9. The number of aromatic nitrogens is 1. The molecule has 3 aromatic carbocycles. The highest BCUT2D eigenvalue weighted by Gasteiger charge is 2.21. The molecular formula is C23H18ClFN2OS2. The minimum atomic E-state index is -0.375. The van der Waals surface area contributed by atoms with Crippen molar-refractivity contribution in [1.82, 2.24) is 4.98 Å². The lowest BCUT2D eigenvalue weighted by Crippen LogP contribution is -2.30. The molecule has 1 amide bonds. The average Bonchev–Trinajstić information content (AvgIpc) is 3.19. The van der Waals surface area contributed by atoms with E-state index in [1.807, 2.05) is 60.7 Å². The van der Waals surface area contributed by atoms with Crippen molar-refractivity contribution in [2.75, 3.05) is 10.7 Å². The van der Waals surface area contributed by atoms with E-state index in [0.717, 1.165) is 15.2 Å². The molecule has 4 rings (SSSR count). The van der Waals surface area contributed by atoms with Gasteiger partial charge >= 0.3 is 0 Å². The quantitative estimate of drug-likeness (QED) is 0.286. The second kappa shape index (κ2) is 9.60. The molecule has 1 heterocycles. The molecule has 7 heteroatoms. The number of carbonyl (C=O) groups excluding carboxylic acids is 1. The standard InChI is InChI=1S/C23H18ClFN2OS2/c24-17-9-11-18(12-10-17)29-14-13-21(28)27(15-16-5-2-1-3-6-16)23-26-22-19(25)7-4-8-20(22)30-23/h1-12H,13-15H2. The van der Waals surface area contributed by atoms with E-state index in [9.17, 15) is 9.18 Å². The molecule has 0 saturated carbocycles. The van der Waals surface area contributed by atoms with Crippen molar-refractivity contribution >= 4 is 56.0 Å². The lowest BCUT2D eigenvalue weighted by Gasteiger charge is -2.20. The van der Waals surface area contributed by atoms with Crippen LogP contribution in [0.1, 0.15) is 12.0 Å². The summed E-state index contributed by atoms with van der Waals surface area (Å²) in [6.07, 6.45) is 0.346. The van der Waals surface area contributed by atoms with Crippen molar-refractivity contribution in [3.8, 4) is 0 Å². The maximum atomic E-state index is 14.1. The van der Waals surface area contributed by atoms with Crippen LogP contribution in [0.2, 0.25) is 5.02 Å². The van der Waals surface area contributed by atoms with Gasteiger partial charge in [0.2, 0.25) is 5.91 Å². The van der Waals surface area contributed by atoms with Gasteiger partial charge in [-0.2, -0.15) is 0 Å². The van der Waals surface area contributed by atoms with E-state index in [1.165, 1.54) is 17.4 Å². The Morgan fingerprint density at radius 2 is 1.80 bits per heavy atom. The number of thioether (sulfide) groups is 1. The third-order valence-corrected chi connectivity index (χ3v) is 6.78. The van der Waals surface area contributed by atoms with Gasteiger partial charge in [0.05, 0.1) is 11.2 Å². The lowest BCUT2D eigenvalue weighted by molar-refractivity contribution is -0.118. The molecule has 0 aliphatic heterocycles. The highest BCUT2D eigenvalue weighted by molar-refractivity contribution is 7.99. The largest absolute Gasteiger partial charge is 0.284 e. The van der Waals surface area contributed by atoms with E-state index in [2.05, 4.69) is 4.98 Å². The number of benzene rings is 3. The number of rotatable bonds is 7. The molecule has 0 spiro atoms. The summed E-state index contributed by atoms with van der Waals surface area (Å²) in [4.78, 5) is 20.3. The smallest absolute Gasteiger partial charge is 0.229 e. The Kier molecular flexibility index (Phi) is 6.67. The van der Waals surface area contributed by atoms with Crippen molar-refractivity contribution in [2.24, 2.45) is 0 Å². The third kappa shape index (κ3) is 5.01. The van der Waals surface area contributed by atoms with E-state index in [0.29, 0.717) is 34.4 Å². The Labute approximate surface area is 187 Å². The number of para-hydroxylation sites is 1. The third-order valence-electron chi connectivity index (χ3n) is 4.47. The molecule has 30 heavy (non-hydrogen) atoms. The maximum Gasteiger partial charge on any atom is 0.229 e. The van der Waals surface area contributed by atoms with Gasteiger partial charge in [-0.1, -0.05) is 59.3 Å². The summed E-state index contributed by atoms with van der Waals surface area (Å²) < 4.78 is 14.9. The van der Waals surface area contributed by atoms with Crippen molar-refractivity contribution in [2.45, 2.75) is 17.9 Å². The molecule has 0 N–H and O–H groups in total. The number of thiazole rings is 1. The maximum absolute atomic E-state index is 14.1. The van der Waals surface area contributed by atoms with Gasteiger partial charge in [0, 0.05) is 22.1 Å². The van der Waals surface area contributed by atoms with Crippen LogP contribution in [0.3, 0.4) is 0 Å². The molecule has 0 bridgehead atoms. The molecule has 3 nitrogen and oxygen atoms in total. The minimum absolute atomic E-state index is 0.0419. The van der Waals surface area contributed by atoms with E-state index in [1.54, 1.807) is 22.7 Å². The number of anilines is 1. The number of hydrogen-bond acceptors (Lipinski definition) is 4. The van der Waals surface area contributed by atoms with Crippen LogP contribution in [0.5, 0.6) is 0 Å². The number of halogens is 2. The monoisotopic (exact) mass is 456 g/mol. The summed E-state index contributed by atoms with van der Waals surface area (Å²) in [6.45, 7) is 0.396. The molecule has 152 valence electrons. The summed E-state index contributed by atoms with van der Waals surface area (Å²) in [6, 6.07) is 22.2. The molecule has 0 aliphatic rings. The van der Waals surface area contributed by atoms with Crippen LogP contribution in [0.4, 0.5) is 9.52 Å². The molecule has 0 atom stereocenters. The normalized spacial score (nSPS) is 11.0. The second-order valence-corrected chi connectivity index (χ2v) is 9.21. The van der Waals surface area contributed by atoms with Gasteiger partial charge < -0.3 is 0 Å². The van der Waals surface area contributed by atoms with Crippen molar-refractivity contribution < 1.29 is 9.18 Å². The number of nitrogens with zero attached hydrogens (tertiary/aromatic N) is 2. The number of carbonyl (C=O) groups is 1. The van der Waals surface area contributed by atoms with E-state index in [-0.39, 0.29) is 11.7 Å². The Hall–Kier alpha value is -2.41. The fourth-order valence-electron chi connectivity index (χ4n) is 2.97. The van der Waals surface area contributed by atoms with E-state index in [4.69, 9.17) is 11.6 Å². The van der Waals surface area contributed by atoms with Crippen LogP contribution in [0.15, 0.2) is 77.7 Å². The molecule has 0 radical (unpaired) electrons. The number of hydrogen-bond donors (Lipinski definition) is 0. The van der Waals surface area contributed by atoms with Gasteiger partial charge in [-0.05, 0) is 42.0 Å². The zero-order valence-corrected chi connectivity index (χ0v) is 18.3. The van der Waals surface area contributed by atoms with Gasteiger partial charge in [-0.15, -0.1) is 11.8 Å². The van der Waals surface area contributed by atoms with Crippen LogP contribution in [-0.2, 0) is 11.3 Å². The van der Waals surface area contributed by atoms with Crippen molar-refractivity contribution in [3.05, 3.63) is 89.2 Å². The van der Waals surface area contributed by atoms with E-state index < -0.39 is 0 Å². The first-order valence-corrected chi connectivity index (χ1v) is 11.6. The van der Waals surface area contributed by atoms with Crippen LogP contribution in [0.25, 0.3) is 10.2 Å². The van der Waals surface area contributed by atoms with Crippen molar-refractivity contribution in [3.63, 3.8) is 0 Å². The fraction of sp³-hybridized carbons (Fsp3) is 0.130. The molecule has 0 aliphatic carbocycles. The summed E-state index contributed by atoms with van der Waals surface area (Å²) in [7, 11) is 0. The SMILES string of the molecule is O=C(CCSc1ccc(Cl)cc1)N(Cc1ccccc1)c1nc2c(F)cccc2s1. The molecular weight excluding hydrogens is 439 g/mol. The van der Waals surface area contributed by atoms with Crippen LogP contribution >= 0.6 is 34.7 Å². The Bertz CT molecular complexity index is 1150. The molecule has 0 fully saturated rings. The first-order chi connectivity index (χ1) is 14.6. The van der Waals surface area contributed by atoms with Crippen molar-refractivity contribution in [1.29, 1.82) is 0 Å². The summed E-state index contributed by atoms with van der Waals surface area (Å²) >= 11 is 8.86. The average molecular weight is 457 g/mol. The highest BCUT2D eigenvalue weighted by Crippen LogP contribution is 2.32. The van der Waals surface area contributed by atoms with Gasteiger partial charge in [0.1, 0.15) is 11.3 Å².